The number of nitrogens with zero attached hydrogens (tertiary/aromatic N) is 1. The van der Waals surface area contributed by atoms with Gasteiger partial charge >= 0.3 is 0 Å². The van der Waals surface area contributed by atoms with Crippen LogP contribution in [0.4, 0.5) is 10.1 Å². The highest BCUT2D eigenvalue weighted by Gasteiger charge is 2.26. The Labute approximate surface area is 159 Å². The van der Waals surface area contributed by atoms with Crippen LogP contribution in [0.25, 0.3) is 0 Å². The minimum absolute atomic E-state index is 0.00503. The highest BCUT2D eigenvalue weighted by molar-refractivity contribution is 7.92. The van der Waals surface area contributed by atoms with Crippen molar-refractivity contribution in [2.45, 2.75) is 44.0 Å². The molecule has 0 aromatic heterocycles. The summed E-state index contributed by atoms with van der Waals surface area (Å²) in [6.07, 6.45) is 3.01. The summed E-state index contributed by atoms with van der Waals surface area (Å²) in [5.74, 6) is -0.588. The standard InChI is InChI=1S/C20H23FN2O3S/c1-14-6-11-18(27(25,26)22-17-9-7-16(21)8-10-17)13-19(14)20(24)23-12-4-3-5-15(23)2/h6-11,13,15,22H,3-5,12H2,1-2H3. The third-order valence-corrected chi connectivity index (χ3v) is 6.29. The molecule has 2 aromatic rings. The van der Waals surface area contributed by atoms with E-state index in [1.807, 2.05) is 11.8 Å². The van der Waals surface area contributed by atoms with Crippen molar-refractivity contribution in [2.75, 3.05) is 11.3 Å². The third-order valence-electron chi connectivity index (χ3n) is 4.91. The molecular weight excluding hydrogens is 367 g/mol. The molecule has 1 aliphatic rings. The lowest BCUT2D eigenvalue weighted by Gasteiger charge is -2.34. The molecule has 1 aliphatic heterocycles. The van der Waals surface area contributed by atoms with Crippen molar-refractivity contribution < 1.29 is 17.6 Å². The van der Waals surface area contributed by atoms with Gasteiger partial charge in [0.05, 0.1) is 4.90 Å². The van der Waals surface area contributed by atoms with Gasteiger partial charge in [0.2, 0.25) is 0 Å². The highest BCUT2D eigenvalue weighted by atomic mass is 32.2. The Kier molecular flexibility index (Phi) is 5.51. The van der Waals surface area contributed by atoms with Crippen molar-refractivity contribution in [1.29, 1.82) is 0 Å². The first-order valence-electron chi connectivity index (χ1n) is 8.98. The van der Waals surface area contributed by atoms with Crippen LogP contribution >= 0.6 is 0 Å². The number of likely N-dealkylation sites (tertiary alicyclic amines) is 1. The Morgan fingerprint density at radius 3 is 2.52 bits per heavy atom. The Balaban J connectivity index is 1.89. The highest BCUT2D eigenvalue weighted by Crippen LogP contribution is 2.24. The number of carbonyl (C=O) groups excluding carboxylic acids is 1. The molecule has 7 heteroatoms. The number of aryl methyl sites for hydroxylation is 1. The van der Waals surface area contributed by atoms with Crippen LogP contribution in [0.1, 0.15) is 42.1 Å². The molecule has 0 radical (unpaired) electrons. The van der Waals surface area contributed by atoms with Crippen molar-refractivity contribution in [3.63, 3.8) is 0 Å². The number of anilines is 1. The minimum Gasteiger partial charge on any atom is -0.336 e. The molecule has 5 nitrogen and oxygen atoms in total. The van der Waals surface area contributed by atoms with E-state index < -0.39 is 15.8 Å². The summed E-state index contributed by atoms with van der Waals surface area (Å²) in [6, 6.07) is 9.73. The van der Waals surface area contributed by atoms with Crippen LogP contribution < -0.4 is 4.72 Å². The molecule has 27 heavy (non-hydrogen) atoms. The van der Waals surface area contributed by atoms with E-state index in [4.69, 9.17) is 0 Å². The number of hydrogen-bond donors (Lipinski definition) is 1. The molecule has 2 aromatic carbocycles. The van der Waals surface area contributed by atoms with E-state index in [0.717, 1.165) is 24.8 Å². The summed E-state index contributed by atoms with van der Waals surface area (Å²) < 4.78 is 40.8. The second-order valence-electron chi connectivity index (χ2n) is 6.93. The van der Waals surface area contributed by atoms with E-state index in [9.17, 15) is 17.6 Å². The van der Waals surface area contributed by atoms with Gasteiger partial charge in [-0.15, -0.1) is 0 Å². The number of amides is 1. The predicted octanol–water partition coefficient (Wildman–Crippen LogP) is 3.95. The number of piperidine rings is 1. The van der Waals surface area contributed by atoms with Gasteiger partial charge in [-0.05, 0) is 75.1 Å². The molecule has 0 aliphatic carbocycles. The van der Waals surface area contributed by atoms with E-state index in [0.29, 0.717) is 12.1 Å². The molecule has 1 saturated heterocycles. The van der Waals surface area contributed by atoms with Crippen LogP contribution in [0.2, 0.25) is 0 Å². The fraction of sp³-hybridized carbons (Fsp3) is 0.350. The lowest BCUT2D eigenvalue weighted by molar-refractivity contribution is 0.0634. The number of carbonyl (C=O) groups is 1. The largest absolute Gasteiger partial charge is 0.336 e. The zero-order valence-electron chi connectivity index (χ0n) is 15.4. The quantitative estimate of drug-likeness (QED) is 0.860. The third kappa shape index (κ3) is 4.30. The Morgan fingerprint density at radius 1 is 1.15 bits per heavy atom. The van der Waals surface area contributed by atoms with Crippen molar-refractivity contribution in [1.82, 2.24) is 4.90 Å². The number of nitrogens with one attached hydrogen (secondary N) is 1. The summed E-state index contributed by atoms with van der Waals surface area (Å²) in [5, 5.41) is 0. The van der Waals surface area contributed by atoms with Crippen molar-refractivity contribution in [3.8, 4) is 0 Å². The van der Waals surface area contributed by atoms with E-state index in [1.165, 1.54) is 36.4 Å². The van der Waals surface area contributed by atoms with E-state index in [2.05, 4.69) is 4.72 Å². The first kappa shape index (κ1) is 19.4. The average molecular weight is 390 g/mol. The lowest BCUT2D eigenvalue weighted by Crippen LogP contribution is -2.42. The zero-order chi connectivity index (χ0) is 19.6. The van der Waals surface area contributed by atoms with Crippen LogP contribution in [0, 0.1) is 12.7 Å². The van der Waals surface area contributed by atoms with Gasteiger partial charge in [0.1, 0.15) is 5.82 Å². The smallest absolute Gasteiger partial charge is 0.261 e. The Bertz CT molecular complexity index is 942. The molecular formula is C20H23FN2O3S. The zero-order valence-corrected chi connectivity index (χ0v) is 16.2. The van der Waals surface area contributed by atoms with Crippen molar-refractivity contribution in [3.05, 3.63) is 59.4 Å². The Morgan fingerprint density at radius 2 is 1.85 bits per heavy atom. The summed E-state index contributed by atoms with van der Waals surface area (Å²) in [5.41, 5.74) is 1.39. The molecule has 0 spiro atoms. The number of halogens is 1. The average Bonchev–Trinajstić information content (AvgIpc) is 2.63. The van der Waals surface area contributed by atoms with Gasteiger partial charge in [0, 0.05) is 23.8 Å². The monoisotopic (exact) mass is 390 g/mol. The van der Waals surface area contributed by atoms with Gasteiger partial charge in [0.25, 0.3) is 15.9 Å². The molecule has 1 atom stereocenters. The second kappa shape index (κ2) is 7.68. The molecule has 1 amide bonds. The van der Waals surface area contributed by atoms with E-state index in [-0.39, 0.29) is 22.5 Å². The first-order valence-corrected chi connectivity index (χ1v) is 10.5. The second-order valence-corrected chi connectivity index (χ2v) is 8.61. The van der Waals surface area contributed by atoms with Gasteiger partial charge in [0.15, 0.2) is 0 Å². The van der Waals surface area contributed by atoms with Crippen LogP contribution in [-0.4, -0.2) is 31.8 Å². The summed E-state index contributed by atoms with van der Waals surface area (Å²) in [4.78, 5) is 14.8. The predicted molar refractivity (Wildman–Crippen MR) is 103 cm³/mol. The van der Waals surface area contributed by atoms with Crippen molar-refractivity contribution in [2.24, 2.45) is 0 Å². The van der Waals surface area contributed by atoms with Gasteiger partial charge in [-0.25, -0.2) is 12.8 Å². The maximum absolute atomic E-state index is 13.0. The summed E-state index contributed by atoms with van der Waals surface area (Å²) in [6.45, 7) is 4.50. The fourth-order valence-electron chi connectivity index (χ4n) is 3.29. The maximum atomic E-state index is 13.0. The summed E-state index contributed by atoms with van der Waals surface area (Å²) in [7, 11) is -3.89. The Hall–Kier alpha value is -2.41. The topological polar surface area (TPSA) is 66.5 Å². The SMILES string of the molecule is Cc1ccc(S(=O)(=O)Nc2ccc(F)cc2)cc1C(=O)N1CCCCC1C. The van der Waals surface area contributed by atoms with E-state index >= 15 is 0 Å². The molecule has 3 rings (SSSR count). The molecule has 144 valence electrons. The van der Waals surface area contributed by atoms with Gasteiger partial charge < -0.3 is 4.90 Å². The number of hydrogen-bond acceptors (Lipinski definition) is 3. The molecule has 1 unspecified atom stereocenters. The molecule has 0 bridgehead atoms. The fourth-order valence-corrected chi connectivity index (χ4v) is 4.37. The normalized spacial score (nSPS) is 17.6. The van der Waals surface area contributed by atoms with Crippen LogP contribution in [-0.2, 0) is 10.0 Å². The molecule has 1 fully saturated rings. The van der Waals surface area contributed by atoms with Crippen LogP contribution in [0.15, 0.2) is 47.4 Å². The number of rotatable bonds is 4. The van der Waals surface area contributed by atoms with Gasteiger partial charge in [-0.2, -0.15) is 0 Å². The maximum Gasteiger partial charge on any atom is 0.261 e. The molecule has 0 saturated carbocycles. The van der Waals surface area contributed by atoms with Crippen molar-refractivity contribution >= 4 is 21.6 Å². The van der Waals surface area contributed by atoms with Gasteiger partial charge in [-0.3, -0.25) is 9.52 Å². The summed E-state index contributed by atoms with van der Waals surface area (Å²) >= 11 is 0. The van der Waals surface area contributed by atoms with Gasteiger partial charge in [-0.1, -0.05) is 6.07 Å². The van der Waals surface area contributed by atoms with E-state index in [1.54, 1.807) is 13.0 Å². The number of sulfonamides is 1. The molecule has 1 N–H and O–H groups in total. The minimum atomic E-state index is -3.89. The number of benzene rings is 2. The van der Waals surface area contributed by atoms with Crippen LogP contribution in [0.5, 0.6) is 0 Å². The first-order chi connectivity index (χ1) is 12.8. The lowest BCUT2D eigenvalue weighted by atomic mass is 10.0. The van der Waals surface area contributed by atoms with Crippen LogP contribution in [0.3, 0.4) is 0 Å². The molecule has 1 heterocycles.